The molecule has 0 aromatic heterocycles. The Hall–Kier alpha value is -3.35. The number of aliphatic hydroxyl groups is 8. The number of hydrogen-bond acceptors (Lipinski definition) is 15. The van der Waals surface area contributed by atoms with Gasteiger partial charge < -0.3 is 69.6 Å². The topological polar surface area (TPSA) is 245 Å². The second-order valence-corrected chi connectivity index (χ2v) is 9.96. The van der Waals surface area contributed by atoms with Crippen LogP contribution in [-0.4, -0.2) is 126 Å². The number of rotatable bonds is 7. The van der Waals surface area contributed by atoms with E-state index in [-0.39, 0.29) is 34.3 Å². The van der Waals surface area contributed by atoms with Crippen molar-refractivity contribution < 1.29 is 74.4 Å². The summed E-state index contributed by atoms with van der Waals surface area (Å²) >= 11 is 0. The lowest BCUT2D eigenvalue weighted by molar-refractivity contribution is -0.277. The Kier molecular flexibility index (Phi) is 8.68. The summed E-state index contributed by atoms with van der Waals surface area (Å²) in [5.41, 5.74) is 0.500. The molecule has 2 aromatic rings. The molecule has 228 valence electrons. The first kappa shape index (κ1) is 30.1. The second kappa shape index (κ2) is 12.1. The van der Waals surface area contributed by atoms with E-state index in [0.29, 0.717) is 5.56 Å². The molecule has 0 amide bonds. The number of hydrogen-bond donors (Lipinski definition) is 9. The molecule has 15 heteroatoms. The number of Topliss-reactive ketones (excluding diaryl/α,β-unsaturated/α-hetero) is 1. The van der Waals surface area contributed by atoms with Crippen LogP contribution in [0.3, 0.4) is 0 Å². The number of benzene rings is 2. The number of aliphatic hydroxyl groups excluding tert-OH is 8. The van der Waals surface area contributed by atoms with Crippen molar-refractivity contribution in [1.82, 2.24) is 0 Å². The third kappa shape index (κ3) is 5.67. The third-order valence-electron chi connectivity index (χ3n) is 7.12. The van der Waals surface area contributed by atoms with Crippen molar-refractivity contribution in [2.24, 2.45) is 0 Å². The standard InChI is InChI=1S/C27H30O15/c28-8-17-20(32)22(34)24(36)26(41-17)38-11-2-3-12-14(7-11)39-16(19(12)31)6-10-1-4-13(30)15(5-10)40-27-25(37)23(35)21(33)18(9-29)42-27/h1-7,17-18,20-30,32-37H,8-9H2/b16-6-/t17-,18-,20-,21-,22+,23+,24-,25-,26-,27-/m1/s1. The SMILES string of the molecule is O=C1/C(=C/c2ccc(O)c(O[C@@H]3O[C@H](CO)[C@@H](O)[C@H](O)[C@H]3O)c2)Oc2cc(O[C@@H]3O[C@H](CO)[C@@H](O)[C@H](O)[C@H]3O)ccc21. The van der Waals surface area contributed by atoms with E-state index in [1.54, 1.807) is 0 Å². The summed E-state index contributed by atoms with van der Waals surface area (Å²) in [6.45, 7) is -1.30. The fourth-order valence-electron chi connectivity index (χ4n) is 4.70. The van der Waals surface area contributed by atoms with Crippen LogP contribution in [0, 0.1) is 0 Å². The van der Waals surface area contributed by atoms with Gasteiger partial charge in [-0.05, 0) is 35.9 Å². The van der Waals surface area contributed by atoms with Crippen LogP contribution in [0.15, 0.2) is 42.2 Å². The molecule has 42 heavy (non-hydrogen) atoms. The van der Waals surface area contributed by atoms with E-state index < -0.39 is 80.4 Å². The van der Waals surface area contributed by atoms with E-state index in [0.717, 1.165) is 0 Å². The molecular formula is C27H30O15. The molecule has 0 radical (unpaired) electrons. The van der Waals surface area contributed by atoms with Crippen molar-refractivity contribution in [3.63, 3.8) is 0 Å². The molecule has 9 N–H and O–H groups in total. The molecule has 0 bridgehead atoms. The number of fused-ring (bicyclic) bond motifs is 1. The number of phenols is 1. The van der Waals surface area contributed by atoms with Crippen molar-refractivity contribution in [3.8, 4) is 23.0 Å². The van der Waals surface area contributed by atoms with E-state index in [4.69, 9.17) is 23.7 Å². The average Bonchev–Trinajstić information content (AvgIpc) is 3.28. The number of ether oxygens (including phenoxy) is 5. The monoisotopic (exact) mass is 594 g/mol. The number of phenolic OH excluding ortho intramolecular Hbond substituents is 1. The van der Waals surface area contributed by atoms with Gasteiger partial charge in [0.2, 0.25) is 18.4 Å². The van der Waals surface area contributed by atoms with Crippen molar-refractivity contribution in [1.29, 1.82) is 0 Å². The molecule has 10 atom stereocenters. The number of aromatic hydroxyl groups is 1. The molecule has 5 rings (SSSR count). The van der Waals surface area contributed by atoms with Crippen LogP contribution in [0.2, 0.25) is 0 Å². The van der Waals surface area contributed by atoms with Crippen molar-refractivity contribution in [2.75, 3.05) is 13.2 Å². The summed E-state index contributed by atoms with van der Waals surface area (Å²) in [5, 5.41) is 89.3. The van der Waals surface area contributed by atoms with Crippen molar-refractivity contribution in [3.05, 3.63) is 53.3 Å². The first-order valence-corrected chi connectivity index (χ1v) is 12.9. The van der Waals surface area contributed by atoms with Crippen LogP contribution in [0.5, 0.6) is 23.0 Å². The zero-order valence-electron chi connectivity index (χ0n) is 21.7. The molecule has 2 fully saturated rings. The van der Waals surface area contributed by atoms with Crippen LogP contribution in [-0.2, 0) is 9.47 Å². The minimum Gasteiger partial charge on any atom is -0.504 e. The van der Waals surface area contributed by atoms with Gasteiger partial charge in [0.15, 0.2) is 17.3 Å². The van der Waals surface area contributed by atoms with Gasteiger partial charge in [0.25, 0.3) is 0 Å². The Morgan fingerprint density at radius 1 is 0.738 bits per heavy atom. The van der Waals surface area contributed by atoms with E-state index in [1.807, 2.05) is 0 Å². The molecule has 2 aromatic carbocycles. The van der Waals surface area contributed by atoms with Gasteiger partial charge in [-0.15, -0.1) is 0 Å². The molecule has 0 aliphatic carbocycles. The lowest BCUT2D eigenvalue weighted by Crippen LogP contribution is -2.60. The van der Waals surface area contributed by atoms with Gasteiger partial charge in [0.05, 0.1) is 18.8 Å². The minimum absolute atomic E-state index is 0.0898. The summed E-state index contributed by atoms with van der Waals surface area (Å²) < 4.78 is 27.4. The summed E-state index contributed by atoms with van der Waals surface area (Å²) in [6, 6.07) is 8.14. The summed E-state index contributed by atoms with van der Waals surface area (Å²) in [7, 11) is 0. The Labute approximate surface area is 237 Å². The number of ketones is 1. The molecule has 0 unspecified atom stereocenters. The Balaban J connectivity index is 1.31. The molecule has 0 saturated carbocycles. The number of carbonyl (C=O) groups excluding carboxylic acids is 1. The van der Waals surface area contributed by atoms with Gasteiger partial charge in [-0.1, -0.05) is 6.07 Å². The fraction of sp³-hybridized carbons (Fsp3) is 0.444. The molecule has 0 spiro atoms. The van der Waals surface area contributed by atoms with Gasteiger partial charge in [-0.2, -0.15) is 0 Å². The number of carbonyl (C=O) groups is 1. The van der Waals surface area contributed by atoms with E-state index in [9.17, 15) is 50.8 Å². The largest absolute Gasteiger partial charge is 0.504 e. The molecular weight excluding hydrogens is 564 g/mol. The van der Waals surface area contributed by atoms with E-state index in [2.05, 4.69) is 0 Å². The van der Waals surface area contributed by atoms with Gasteiger partial charge in [-0.3, -0.25) is 4.79 Å². The highest BCUT2D eigenvalue weighted by Gasteiger charge is 2.46. The zero-order valence-corrected chi connectivity index (χ0v) is 21.7. The fourth-order valence-corrected chi connectivity index (χ4v) is 4.70. The van der Waals surface area contributed by atoms with Gasteiger partial charge in [-0.25, -0.2) is 0 Å². The van der Waals surface area contributed by atoms with Gasteiger partial charge in [0.1, 0.15) is 60.3 Å². The summed E-state index contributed by atoms with van der Waals surface area (Å²) in [6.07, 6.45) is -13.9. The number of allylic oxidation sites excluding steroid dienone is 1. The summed E-state index contributed by atoms with van der Waals surface area (Å²) in [4.78, 5) is 13.0. The Morgan fingerprint density at radius 3 is 1.93 bits per heavy atom. The zero-order chi connectivity index (χ0) is 30.3. The molecule has 15 nitrogen and oxygen atoms in total. The Morgan fingerprint density at radius 2 is 1.33 bits per heavy atom. The predicted molar refractivity (Wildman–Crippen MR) is 136 cm³/mol. The molecule has 2 saturated heterocycles. The predicted octanol–water partition coefficient (Wildman–Crippen LogP) is -2.63. The molecule has 3 aliphatic rings. The lowest BCUT2D eigenvalue weighted by Gasteiger charge is -2.39. The van der Waals surface area contributed by atoms with Crippen molar-refractivity contribution >= 4 is 11.9 Å². The molecule has 3 heterocycles. The molecule has 3 aliphatic heterocycles. The van der Waals surface area contributed by atoms with Gasteiger partial charge >= 0.3 is 0 Å². The first-order valence-electron chi connectivity index (χ1n) is 12.9. The summed E-state index contributed by atoms with van der Waals surface area (Å²) in [5.74, 6) is -0.983. The van der Waals surface area contributed by atoms with E-state index >= 15 is 0 Å². The van der Waals surface area contributed by atoms with Crippen LogP contribution >= 0.6 is 0 Å². The van der Waals surface area contributed by atoms with Crippen LogP contribution in [0.25, 0.3) is 6.08 Å². The minimum atomic E-state index is -1.71. The van der Waals surface area contributed by atoms with E-state index in [1.165, 1.54) is 42.5 Å². The highest BCUT2D eigenvalue weighted by molar-refractivity contribution is 6.14. The normalized spacial score (nSPS) is 35.5. The lowest BCUT2D eigenvalue weighted by atomic mass is 9.99. The highest BCUT2D eigenvalue weighted by Crippen LogP contribution is 2.37. The van der Waals surface area contributed by atoms with Crippen molar-refractivity contribution in [2.45, 2.75) is 61.4 Å². The maximum Gasteiger partial charge on any atom is 0.231 e. The average molecular weight is 595 g/mol. The van der Waals surface area contributed by atoms with Crippen LogP contribution < -0.4 is 14.2 Å². The van der Waals surface area contributed by atoms with Gasteiger partial charge in [0, 0.05) is 6.07 Å². The first-order chi connectivity index (χ1) is 20.0. The third-order valence-corrected chi connectivity index (χ3v) is 7.12. The highest BCUT2D eigenvalue weighted by atomic mass is 16.7. The van der Waals surface area contributed by atoms with Crippen LogP contribution in [0.4, 0.5) is 0 Å². The Bertz CT molecular complexity index is 1330. The maximum absolute atomic E-state index is 13.0. The van der Waals surface area contributed by atoms with Crippen LogP contribution in [0.1, 0.15) is 15.9 Å². The quantitative estimate of drug-likeness (QED) is 0.149. The second-order valence-electron chi connectivity index (χ2n) is 9.96. The smallest absolute Gasteiger partial charge is 0.231 e. The maximum atomic E-state index is 13.0.